The van der Waals surface area contributed by atoms with Gasteiger partial charge in [0.2, 0.25) is 5.91 Å². The smallest absolute Gasteiger partial charge is 0.408 e. The quantitative estimate of drug-likeness (QED) is 0.740. The zero-order valence-electron chi connectivity index (χ0n) is 16.4. The lowest BCUT2D eigenvalue weighted by molar-refractivity contribution is -0.150. The Morgan fingerprint density at radius 3 is 2.43 bits per heavy atom. The Bertz CT molecular complexity index is 924. The third-order valence-corrected chi connectivity index (χ3v) is 6.74. The van der Waals surface area contributed by atoms with Crippen molar-refractivity contribution in [2.75, 3.05) is 12.9 Å². The zero-order chi connectivity index (χ0) is 21.1. The van der Waals surface area contributed by atoms with Gasteiger partial charge in [0.25, 0.3) is 0 Å². The molecule has 0 bridgehead atoms. The molecule has 4 rings (SSSR count). The van der Waals surface area contributed by atoms with E-state index in [1.807, 2.05) is 60.7 Å². The number of benzene rings is 2. The summed E-state index contributed by atoms with van der Waals surface area (Å²) in [5.74, 6) is -0.580. The minimum absolute atomic E-state index is 0.107. The number of fused-ring (bicyclic) bond motifs is 1. The molecule has 2 saturated heterocycles. The highest BCUT2D eigenvalue weighted by Crippen LogP contribution is 2.46. The number of rotatable bonds is 5. The molecule has 30 heavy (non-hydrogen) atoms. The highest BCUT2D eigenvalue weighted by molar-refractivity contribution is 8.00. The number of methoxy groups -OCH3 is 1. The van der Waals surface area contributed by atoms with Crippen molar-refractivity contribution in [3.05, 3.63) is 71.8 Å². The van der Waals surface area contributed by atoms with Crippen LogP contribution in [0.15, 0.2) is 60.7 Å². The number of thioether (sulfide) groups is 1. The second kappa shape index (κ2) is 8.79. The van der Waals surface area contributed by atoms with Gasteiger partial charge in [0.15, 0.2) is 0 Å². The average molecular weight is 426 g/mol. The first-order chi connectivity index (χ1) is 14.6. The van der Waals surface area contributed by atoms with E-state index >= 15 is 0 Å². The van der Waals surface area contributed by atoms with Crippen LogP contribution in [-0.2, 0) is 25.7 Å². The monoisotopic (exact) mass is 426 g/mol. The van der Waals surface area contributed by atoms with E-state index in [0.29, 0.717) is 5.75 Å². The Morgan fingerprint density at radius 1 is 1.10 bits per heavy atom. The number of hydrogen-bond donors (Lipinski definition) is 1. The summed E-state index contributed by atoms with van der Waals surface area (Å²) in [6.45, 7) is 0.107. The van der Waals surface area contributed by atoms with Gasteiger partial charge in [-0.15, -0.1) is 11.8 Å². The van der Waals surface area contributed by atoms with E-state index in [1.165, 1.54) is 18.9 Å². The molecule has 2 aliphatic rings. The maximum Gasteiger partial charge on any atom is 0.408 e. The maximum atomic E-state index is 13.2. The van der Waals surface area contributed by atoms with E-state index in [1.54, 1.807) is 4.90 Å². The van der Waals surface area contributed by atoms with E-state index < -0.39 is 24.1 Å². The summed E-state index contributed by atoms with van der Waals surface area (Å²) in [6.07, 6.45) is -0.668. The number of carbonyl (C=O) groups excluding carboxylic acids is 3. The SMILES string of the molecule is COC(=O)[C@@H]1CS[C@H]2[C@H](c3ccccc3)[C@@H](NC(=O)OCc3ccccc3)C(=O)N12. The minimum atomic E-state index is -0.819. The number of nitrogens with zero attached hydrogens (tertiary/aromatic N) is 1. The first kappa shape index (κ1) is 20.3. The fourth-order valence-corrected chi connectivity index (χ4v) is 5.56. The predicted molar refractivity (Wildman–Crippen MR) is 112 cm³/mol. The predicted octanol–water partition coefficient (Wildman–Crippen LogP) is 2.52. The van der Waals surface area contributed by atoms with Gasteiger partial charge in [-0.3, -0.25) is 4.79 Å². The Balaban J connectivity index is 1.54. The number of ether oxygens (including phenoxy) is 2. The number of hydrogen-bond acceptors (Lipinski definition) is 6. The molecule has 0 radical (unpaired) electrons. The van der Waals surface area contributed by atoms with Gasteiger partial charge in [0.1, 0.15) is 18.7 Å². The summed E-state index contributed by atoms with van der Waals surface area (Å²) in [4.78, 5) is 39.5. The topological polar surface area (TPSA) is 84.9 Å². The van der Waals surface area contributed by atoms with Crippen molar-refractivity contribution >= 4 is 29.7 Å². The van der Waals surface area contributed by atoms with Gasteiger partial charge in [0.05, 0.1) is 12.5 Å². The number of esters is 1. The normalized spacial score (nSPS) is 25.0. The number of carbonyl (C=O) groups is 3. The molecule has 8 heteroatoms. The third kappa shape index (κ3) is 3.87. The van der Waals surface area contributed by atoms with Gasteiger partial charge in [-0.1, -0.05) is 60.7 Å². The van der Waals surface area contributed by atoms with Gasteiger partial charge in [-0.05, 0) is 11.1 Å². The third-order valence-electron chi connectivity index (χ3n) is 5.37. The first-order valence-corrected chi connectivity index (χ1v) is 10.7. The molecule has 0 unspecified atom stereocenters. The summed E-state index contributed by atoms with van der Waals surface area (Å²) in [5.41, 5.74) is 1.77. The molecule has 1 N–H and O–H groups in total. The van der Waals surface area contributed by atoms with Crippen molar-refractivity contribution in [1.29, 1.82) is 0 Å². The summed E-state index contributed by atoms with van der Waals surface area (Å²) in [6, 6.07) is 17.4. The van der Waals surface area contributed by atoms with Gasteiger partial charge in [-0.2, -0.15) is 0 Å². The standard InChI is InChI=1S/C22H22N2O5S/c1-28-21(26)16-13-30-20-17(15-10-6-3-7-11-15)18(19(25)24(16)20)23-22(27)29-12-14-8-4-2-5-9-14/h2-11,16-18,20H,12-13H2,1H3,(H,23,27)/t16-,17+,18+,20-/m0/s1. The second-order valence-electron chi connectivity index (χ2n) is 7.13. The molecule has 0 saturated carbocycles. The lowest BCUT2D eigenvalue weighted by Crippen LogP contribution is -2.47. The van der Waals surface area contributed by atoms with E-state index in [0.717, 1.165) is 11.1 Å². The van der Waals surface area contributed by atoms with Crippen LogP contribution >= 0.6 is 11.8 Å². The number of amides is 2. The lowest BCUT2D eigenvalue weighted by Gasteiger charge is -2.23. The molecule has 2 aliphatic heterocycles. The van der Waals surface area contributed by atoms with Crippen molar-refractivity contribution in [3.8, 4) is 0 Å². The maximum absolute atomic E-state index is 13.2. The van der Waals surface area contributed by atoms with Crippen LogP contribution in [0, 0.1) is 0 Å². The van der Waals surface area contributed by atoms with Crippen molar-refractivity contribution in [3.63, 3.8) is 0 Å². The molecule has 0 aliphatic carbocycles. The van der Waals surface area contributed by atoms with Gasteiger partial charge >= 0.3 is 12.1 Å². The van der Waals surface area contributed by atoms with Crippen LogP contribution in [0.3, 0.4) is 0 Å². The fraction of sp³-hybridized carbons (Fsp3) is 0.318. The highest BCUT2D eigenvalue weighted by atomic mass is 32.2. The summed E-state index contributed by atoms with van der Waals surface area (Å²) in [7, 11) is 1.31. The van der Waals surface area contributed by atoms with Crippen molar-refractivity contribution in [2.45, 2.75) is 30.0 Å². The van der Waals surface area contributed by atoms with Crippen molar-refractivity contribution < 1.29 is 23.9 Å². The summed E-state index contributed by atoms with van der Waals surface area (Å²) >= 11 is 1.52. The summed E-state index contributed by atoms with van der Waals surface area (Å²) in [5, 5.41) is 2.48. The number of nitrogens with one attached hydrogen (secondary N) is 1. The first-order valence-electron chi connectivity index (χ1n) is 9.64. The Labute approximate surface area is 178 Å². The number of alkyl carbamates (subject to hydrolysis) is 1. The van der Waals surface area contributed by atoms with E-state index in [9.17, 15) is 14.4 Å². The molecule has 2 heterocycles. The van der Waals surface area contributed by atoms with Gasteiger partial charge in [0, 0.05) is 11.7 Å². The molecular weight excluding hydrogens is 404 g/mol. The largest absolute Gasteiger partial charge is 0.467 e. The second-order valence-corrected chi connectivity index (χ2v) is 8.28. The molecule has 156 valence electrons. The van der Waals surface area contributed by atoms with Crippen LogP contribution in [0.25, 0.3) is 0 Å². The Morgan fingerprint density at radius 2 is 1.77 bits per heavy atom. The highest BCUT2D eigenvalue weighted by Gasteiger charge is 2.57. The lowest BCUT2D eigenvalue weighted by atomic mass is 9.94. The van der Waals surface area contributed by atoms with E-state index in [-0.39, 0.29) is 23.8 Å². The Kier molecular flexibility index (Phi) is 5.94. The van der Waals surface area contributed by atoms with Crippen molar-refractivity contribution in [1.82, 2.24) is 10.2 Å². The van der Waals surface area contributed by atoms with Crippen LogP contribution in [0.4, 0.5) is 4.79 Å². The zero-order valence-corrected chi connectivity index (χ0v) is 17.2. The molecule has 4 atom stereocenters. The minimum Gasteiger partial charge on any atom is -0.467 e. The van der Waals surface area contributed by atoms with Crippen LogP contribution < -0.4 is 5.32 Å². The van der Waals surface area contributed by atoms with E-state index in [2.05, 4.69) is 5.32 Å². The van der Waals surface area contributed by atoms with Crippen molar-refractivity contribution in [2.24, 2.45) is 0 Å². The average Bonchev–Trinajstić information content (AvgIpc) is 3.32. The molecule has 0 spiro atoms. The van der Waals surface area contributed by atoms with Crippen LogP contribution in [0.5, 0.6) is 0 Å². The summed E-state index contributed by atoms with van der Waals surface area (Å²) < 4.78 is 10.2. The Hall–Kier alpha value is -3.00. The van der Waals surface area contributed by atoms with Crippen LogP contribution in [0.1, 0.15) is 17.0 Å². The molecule has 2 aromatic rings. The van der Waals surface area contributed by atoms with E-state index in [4.69, 9.17) is 9.47 Å². The van der Waals surface area contributed by atoms with Gasteiger partial charge < -0.3 is 19.7 Å². The van der Waals surface area contributed by atoms with Crippen LogP contribution in [0.2, 0.25) is 0 Å². The molecule has 7 nitrogen and oxygen atoms in total. The van der Waals surface area contributed by atoms with Crippen LogP contribution in [-0.4, -0.2) is 53.2 Å². The molecule has 2 amide bonds. The molecular formula is C22H22N2O5S. The van der Waals surface area contributed by atoms with Gasteiger partial charge in [-0.25, -0.2) is 9.59 Å². The fourth-order valence-electron chi connectivity index (χ4n) is 3.96. The molecule has 2 aromatic carbocycles. The molecule has 2 fully saturated rings. The molecule has 0 aromatic heterocycles.